The van der Waals surface area contributed by atoms with Gasteiger partial charge in [-0.2, -0.15) is 0 Å². The third-order valence-corrected chi connectivity index (χ3v) is 3.71. The van der Waals surface area contributed by atoms with Gasteiger partial charge in [-0.3, -0.25) is 4.99 Å². The quantitative estimate of drug-likeness (QED) is 0.364. The van der Waals surface area contributed by atoms with Crippen molar-refractivity contribution in [1.29, 1.82) is 0 Å². The van der Waals surface area contributed by atoms with Crippen molar-refractivity contribution in [1.82, 2.24) is 10.6 Å². The van der Waals surface area contributed by atoms with Gasteiger partial charge >= 0.3 is 0 Å². The maximum Gasteiger partial charge on any atom is 0.238 e. The maximum atomic E-state index is 11.1. The van der Waals surface area contributed by atoms with Gasteiger partial charge in [-0.25, -0.2) is 13.6 Å². The Kier molecular flexibility index (Phi) is 7.13. The van der Waals surface area contributed by atoms with E-state index in [1.165, 1.54) is 12.1 Å². The summed E-state index contributed by atoms with van der Waals surface area (Å²) in [5.41, 5.74) is 1.02. The Bertz CT molecular complexity index is 555. The van der Waals surface area contributed by atoms with E-state index in [1.54, 1.807) is 26.3 Å². The van der Waals surface area contributed by atoms with E-state index >= 15 is 0 Å². The van der Waals surface area contributed by atoms with Gasteiger partial charge < -0.3 is 15.4 Å². The van der Waals surface area contributed by atoms with Gasteiger partial charge in [0.05, 0.1) is 11.5 Å². The van der Waals surface area contributed by atoms with Gasteiger partial charge in [0, 0.05) is 27.2 Å². The summed E-state index contributed by atoms with van der Waals surface area (Å²) in [5.74, 6) is 0.702. The Balaban J connectivity index is 2.41. The van der Waals surface area contributed by atoms with E-state index in [2.05, 4.69) is 15.6 Å². The highest BCUT2D eigenvalue weighted by atomic mass is 32.2. The van der Waals surface area contributed by atoms with Gasteiger partial charge in [0.2, 0.25) is 10.0 Å². The molecule has 0 radical (unpaired) electrons. The number of methoxy groups -OCH3 is 1. The number of rotatable bonds is 7. The molecule has 0 heterocycles. The van der Waals surface area contributed by atoms with Crippen molar-refractivity contribution in [2.75, 3.05) is 33.9 Å². The Morgan fingerprint density at radius 3 is 2.38 bits per heavy atom. The van der Waals surface area contributed by atoms with Crippen LogP contribution in [0.15, 0.2) is 34.2 Å². The van der Waals surface area contributed by atoms with Gasteiger partial charge in [0.15, 0.2) is 5.96 Å². The number of ether oxygens (including phenoxy) is 1. The lowest BCUT2D eigenvalue weighted by Crippen LogP contribution is -2.39. The Labute approximate surface area is 125 Å². The average Bonchev–Trinajstić information content (AvgIpc) is 2.45. The minimum absolute atomic E-state index is 0.122. The molecule has 0 amide bonds. The smallest absolute Gasteiger partial charge is 0.238 e. The predicted molar refractivity (Wildman–Crippen MR) is 82.8 cm³/mol. The largest absolute Gasteiger partial charge is 0.383 e. The zero-order valence-electron chi connectivity index (χ0n) is 12.3. The van der Waals surface area contributed by atoms with Crippen molar-refractivity contribution >= 4 is 16.0 Å². The molecule has 21 heavy (non-hydrogen) atoms. The molecule has 0 aliphatic rings. The highest BCUT2D eigenvalue weighted by Gasteiger charge is 2.06. The van der Waals surface area contributed by atoms with E-state index in [1.807, 2.05) is 0 Å². The molecule has 1 aromatic carbocycles. The summed E-state index contributed by atoms with van der Waals surface area (Å²) in [6.45, 7) is 1.97. The van der Waals surface area contributed by atoms with Crippen LogP contribution < -0.4 is 15.8 Å². The number of nitrogens with zero attached hydrogens (tertiary/aromatic N) is 1. The number of primary sulfonamides is 1. The van der Waals surface area contributed by atoms with Crippen molar-refractivity contribution in [3.63, 3.8) is 0 Å². The van der Waals surface area contributed by atoms with Crippen molar-refractivity contribution < 1.29 is 13.2 Å². The van der Waals surface area contributed by atoms with Crippen molar-refractivity contribution in [3.8, 4) is 0 Å². The molecule has 0 bridgehead atoms. The average molecular weight is 314 g/mol. The number of hydrogen-bond donors (Lipinski definition) is 3. The van der Waals surface area contributed by atoms with E-state index in [0.29, 0.717) is 25.7 Å². The zero-order valence-corrected chi connectivity index (χ0v) is 13.1. The first-order valence-electron chi connectivity index (χ1n) is 6.52. The lowest BCUT2D eigenvalue weighted by molar-refractivity contribution is 0.203. The van der Waals surface area contributed by atoms with Gasteiger partial charge in [-0.15, -0.1) is 0 Å². The van der Waals surface area contributed by atoms with E-state index in [-0.39, 0.29) is 4.90 Å². The van der Waals surface area contributed by atoms with Crippen molar-refractivity contribution in [3.05, 3.63) is 29.8 Å². The molecule has 1 aromatic rings. The molecule has 0 aromatic heterocycles. The van der Waals surface area contributed by atoms with Gasteiger partial charge in [0.25, 0.3) is 0 Å². The molecule has 0 fully saturated rings. The van der Waals surface area contributed by atoms with Gasteiger partial charge in [0.1, 0.15) is 0 Å². The molecule has 8 heteroatoms. The molecule has 118 valence electrons. The molecule has 1 rings (SSSR count). The SMILES string of the molecule is CN=C(NCCOC)NCCc1ccc(S(N)(=O)=O)cc1. The molecule has 0 spiro atoms. The predicted octanol–water partition coefficient (Wildman–Crippen LogP) is -0.312. The number of hydrogen-bond acceptors (Lipinski definition) is 4. The summed E-state index contributed by atoms with van der Waals surface area (Å²) in [5, 5.41) is 11.3. The summed E-state index contributed by atoms with van der Waals surface area (Å²) in [6, 6.07) is 6.53. The first-order valence-corrected chi connectivity index (χ1v) is 8.07. The van der Waals surface area contributed by atoms with Crippen LogP contribution in [0.1, 0.15) is 5.56 Å². The van der Waals surface area contributed by atoms with E-state index in [4.69, 9.17) is 9.88 Å². The van der Waals surface area contributed by atoms with Crippen LogP contribution in [-0.4, -0.2) is 48.2 Å². The second-order valence-electron chi connectivity index (χ2n) is 4.36. The van der Waals surface area contributed by atoms with Crippen LogP contribution in [-0.2, 0) is 21.2 Å². The Morgan fingerprint density at radius 1 is 1.24 bits per heavy atom. The first-order chi connectivity index (χ1) is 9.97. The highest BCUT2D eigenvalue weighted by molar-refractivity contribution is 7.89. The van der Waals surface area contributed by atoms with Crippen LogP contribution >= 0.6 is 0 Å². The Hall–Kier alpha value is -1.64. The van der Waals surface area contributed by atoms with E-state index in [9.17, 15) is 8.42 Å². The lowest BCUT2D eigenvalue weighted by atomic mass is 10.1. The number of guanidine groups is 1. The van der Waals surface area contributed by atoms with Crippen LogP contribution in [0.2, 0.25) is 0 Å². The zero-order chi connectivity index (χ0) is 15.7. The number of nitrogens with one attached hydrogen (secondary N) is 2. The summed E-state index contributed by atoms with van der Waals surface area (Å²) in [4.78, 5) is 4.20. The molecular formula is C13H22N4O3S. The molecule has 0 atom stereocenters. The monoisotopic (exact) mass is 314 g/mol. The molecule has 0 unspecified atom stereocenters. The second kappa shape index (κ2) is 8.60. The third kappa shape index (κ3) is 6.56. The fourth-order valence-electron chi connectivity index (χ4n) is 1.66. The van der Waals surface area contributed by atoms with E-state index < -0.39 is 10.0 Å². The fourth-order valence-corrected chi connectivity index (χ4v) is 2.18. The molecular weight excluding hydrogens is 292 g/mol. The summed E-state index contributed by atoms with van der Waals surface area (Å²) in [7, 11) is -0.288. The van der Waals surface area contributed by atoms with Gasteiger partial charge in [-0.1, -0.05) is 12.1 Å². The van der Waals surface area contributed by atoms with Crippen molar-refractivity contribution in [2.24, 2.45) is 10.1 Å². The normalized spacial score (nSPS) is 12.2. The molecule has 0 aliphatic heterocycles. The van der Waals surface area contributed by atoms with Crippen LogP contribution in [0.4, 0.5) is 0 Å². The number of nitrogens with two attached hydrogens (primary N) is 1. The minimum atomic E-state index is -3.63. The topological polar surface area (TPSA) is 106 Å². The summed E-state index contributed by atoms with van der Waals surface area (Å²) >= 11 is 0. The third-order valence-electron chi connectivity index (χ3n) is 2.78. The minimum Gasteiger partial charge on any atom is -0.383 e. The fraction of sp³-hybridized carbons (Fsp3) is 0.462. The van der Waals surface area contributed by atoms with Crippen LogP contribution in [0.5, 0.6) is 0 Å². The molecule has 7 nitrogen and oxygen atoms in total. The molecule has 0 saturated heterocycles. The lowest BCUT2D eigenvalue weighted by Gasteiger charge is -2.11. The molecule has 4 N–H and O–H groups in total. The molecule has 0 saturated carbocycles. The number of aliphatic imine (C=N–C) groups is 1. The maximum absolute atomic E-state index is 11.1. The Morgan fingerprint density at radius 2 is 1.86 bits per heavy atom. The van der Waals surface area contributed by atoms with Crippen molar-refractivity contribution in [2.45, 2.75) is 11.3 Å². The summed E-state index contributed by atoms with van der Waals surface area (Å²) < 4.78 is 27.2. The molecule has 0 aliphatic carbocycles. The number of sulfonamides is 1. The van der Waals surface area contributed by atoms with Crippen LogP contribution in [0.25, 0.3) is 0 Å². The van der Waals surface area contributed by atoms with Crippen LogP contribution in [0.3, 0.4) is 0 Å². The highest BCUT2D eigenvalue weighted by Crippen LogP contribution is 2.08. The first kappa shape index (κ1) is 17.4. The van der Waals surface area contributed by atoms with Gasteiger partial charge in [-0.05, 0) is 24.1 Å². The second-order valence-corrected chi connectivity index (χ2v) is 5.92. The van der Waals surface area contributed by atoms with Crippen LogP contribution in [0, 0.1) is 0 Å². The number of benzene rings is 1. The summed E-state index contributed by atoms with van der Waals surface area (Å²) in [6.07, 6.45) is 0.746. The standard InChI is InChI=1S/C13H22N4O3S/c1-15-13(17-9-10-20-2)16-8-7-11-3-5-12(6-4-11)21(14,18)19/h3-6H,7-10H2,1-2H3,(H2,14,18,19)(H2,15,16,17). The van der Waals surface area contributed by atoms with E-state index in [0.717, 1.165) is 12.0 Å².